The number of nitrogens with zero attached hydrogens (tertiary/aromatic N) is 1. The average molecular weight is 303 g/mol. The number of hydrogen-bond donors (Lipinski definition) is 1. The molecular weight excluding hydrogens is 291 g/mol. The zero-order chi connectivity index (χ0) is 14.8. The van der Waals surface area contributed by atoms with Crippen LogP contribution < -0.4 is 4.74 Å². The van der Waals surface area contributed by atoms with E-state index in [2.05, 4.69) is 4.98 Å². The van der Waals surface area contributed by atoms with Gasteiger partial charge in [-0.25, -0.2) is 4.98 Å². The molecule has 0 spiro atoms. The molecule has 1 N–H and O–H groups in total. The van der Waals surface area contributed by atoms with Crippen LogP contribution in [0.1, 0.15) is 29.3 Å². The first-order chi connectivity index (χ1) is 9.36. The fraction of sp³-hybridized carbons (Fsp3) is 0.308. The number of aromatic nitrogens is 1. The molecule has 0 saturated heterocycles. The highest BCUT2D eigenvalue weighted by Crippen LogP contribution is 2.30. The highest BCUT2D eigenvalue weighted by atomic mass is 32.1. The van der Waals surface area contributed by atoms with Gasteiger partial charge in [-0.1, -0.05) is 12.1 Å². The van der Waals surface area contributed by atoms with Crippen molar-refractivity contribution in [3.8, 4) is 5.75 Å². The monoisotopic (exact) mass is 303 g/mol. The molecule has 0 radical (unpaired) electrons. The highest BCUT2D eigenvalue weighted by Gasteiger charge is 2.33. The van der Waals surface area contributed by atoms with Gasteiger partial charge in [0.25, 0.3) is 0 Å². The van der Waals surface area contributed by atoms with Crippen molar-refractivity contribution in [3.05, 3.63) is 45.9 Å². The fourth-order valence-corrected chi connectivity index (χ4v) is 2.23. The van der Waals surface area contributed by atoms with E-state index in [9.17, 15) is 18.3 Å². The molecule has 1 aromatic carbocycles. The predicted molar refractivity (Wildman–Crippen MR) is 68.5 cm³/mol. The molecular formula is C13H12F3NO2S. The van der Waals surface area contributed by atoms with Gasteiger partial charge in [-0.15, -0.1) is 11.3 Å². The minimum atomic E-state index is -4.43. The molecule has 0 saturated carbocycles. The zero-order valence-corrected chi connectivity index (χ0v) is 11.3. The maximum Gasteiger partial charge on any atom is 0.434 e. The Morgan fingerprint density at radius 2 is 2.15 bits per heavy atom. The molecule has 0 fully saturated rings. The van der Waals surface area contributed by atoms with E-state index in [0.717, 1.165) is 16.7 Å². The third kappa shape index (κ3) is 3.71. The first-order valence-electron chi connectivity index (χ1n) is 5.78. The standard InChI is InChI=1S/C13H12F3NO2S/c1-8(18)9-3-2-4-10(5-9)19-6-12-17-11(7-20-12)13(14,15)16/h2-5,7-8,18H,6H2,1H3. The maximum absolute atomic E-state index is 12.4. The summed E-state index contributed by atoms with van der Waals surface area (Å²) in [6.07, 6.45) is -5.06. The summed E-state index contributed by atoms with van der Waals surface area (Å²) in [6.45, 7) is 1.58. The van der Waals surface area contributed by atoms with Crippen molar-refractivity contribution in [2.75, 3.05) is 0 Å². The first kappa shape index (κ1) is 14.8. The summed E-state index contributed by atoms with van der Waals surface area (Å²) in [5.41, 5.74) is -0.226. The number of halogens is 3. The van der Waals surface area contributed by atoms with E-state index >= 15 is 0 Å². The first-order valence-corrected chi connectivity index (χ1v) is 6.66. The molecule has 2 rings (SSSR count). The van der Waals surface area contributed by atoms with E-state index in [0.29, 0.717) is 11.3 Å². The van der Waals surface area contributed by atoms with Gasteiger partial charge >= 0.3 is 6.18 Å². The van der Waals surface area contributed by atoms with Crippen molar-refractivity contribution in [1.29, 1.82) is 0 Å². The highest BCUT2D eigenvalue weighted by molar-refractivity contribution is 7.09. The van der Waals surface area contributed by atoms with Crippen LogP contribution in [0.5, 0.6) is 5.75 Å². The number of aliphatic hydroxyl groups is 1. The van der Waals surface area contributed by atoms with Crippen LogP contribution in [-0.2, 0) is 12.8 Å². The van der Waals surface area contributed by atoms with Gasteiger partial charge < -0.3 is 9.84 Å². The summed E-state index contributed by atoms with van der Waals surface area (Å²) < 4.78 is 42.5. The Labute approximate surface area is 117 Å². The van der Waals surface area contributed by atoms with Crippen LogP contribution in [0.2, 0.25) is 0 Å². The normalized spacial score (nSPS) is 13.2. The minimum absolute atomic E-state index is 0.0377. The van der Waals surface area contributed by atoms with Gasteiger partial charge in [0.05, 0.1) is 6.10 Å². The Morgan fingerprint density at radius 1 is 1.40 bits per heavy atom. The number of hydrogen-bond acceptors (Lipinski definition) is 4. The SMILES string of the molecule is CC(O)c1cccc(OCc2nc(C(F)(F)F)cs2)c1. The van der Waals surface area contributed by atoms with Crippen molar-refractivity contribution in [3.63, 3.8) is 0 Å². The number of rotatable bonds is 4. The van der Waals surface area contributed by atoms with E-state index in [-0.39, 0.29) is 11.6 Å². The lowest BCUT2D eigenvalue weighted by molar-refractivity contribution is -0.140. The number of alkyl halides is 3. The number of benzene rings is 1. The van der Waals surface area contributed by atoms with E-state index in [4.69, 9.17) is 4.74 Å². The molecule has 0 amide bonds. The summed E-state index contributed by atoms with van der Waals surface area (Å²) >= 11 is 0.901. The smallest absolute Gasteiger partial charge is 0.434 e. The number of aliphatic hydroxyl groups excluding tert-OH is 1. The largest absolute Gasteiger partial charge is 0.486 e. The topological polar surface area (TPSA) is 42.4 Å². The molecule has 0 aliphatic carbocycles. The van der Waals surface area contributed by atoms with Crippen LogP contribution in [0.4, 0.5) is 13.2 Å². The Kier molecular flexibility index (Phi) is 4.29. The van der Waals surface area contributed by atoms with E-state index in [1.54, 1.807) is 31.2 Å². The van der Waals surface area contributed by atoms with Gasteiger partial charge in [0, 0.05) is 5.38 Å². The number of ether oxygens (including phenoxy) is 1. The van der Waals surface area contributed by atoms with Gasteiger partial charge in [-0.2, -0.15) is 13.2 Å². The lowest BCUT2D eigenvalue weighted by Crippen LogP contribution is -2.06. The van der Waals surface area contributed by atoms with Crippen LogP contribution in [0, 0.1) is 0 Å². The van der Waals surface area contributed by atoms with Crippen LogP contribution in [0.3, 0.4) is 0 Å². The summed E-state index contributed by atoms with van der Waals surface area (Å²) in [6, 6.07) is 6.76. The molecule has 108 valence electrons. The second-order valence-corrected chi connectivity index (χ2v) is 5.10. The van der Waals surface area contributed by atoms with Crippen molar-refractivity contribution in [2.45, 2.75) is 25.8 Å². The van der Waals surface area contributed by atoms with Gasteiger partial charge in [0.1, 0.15) is 17.4 Å². The van der Waals surface area contributed by atoms with Gasteiger partial charge in [0.15, 0.2) is 5.69 Å². The van der Waals surface area contributed by atoms with E-state index in [1.807, 2.05) is 0 Å². The van der Waals surface area contributed by atoms with E-state index < -0.39 is 18.0 Å². The average Bonchev–Trinajstić information content (AvgIpc) is 2.85. The molecule has 20 heavy (non-hydrogen) atoms. The van der Waals surface area contributed by atoms with Gasteiger partial charge in [0.2, 0.25) is 0 Å². The molecule has 0 aliphatic heterocycles. The lowest BCUT2D eigenvalue weighted by Gasteiger charge is -2.08. The molecule has 1 atom stereocenters. The van der Waals surface area contributed by atoms with Crippen molar-refractivity contribution >= 4 is 11.3 Å². The molecule has 1 heterocycles. The van der Waals surface area contributed by atoms with Gasteiger partial charge in [-0.3, -0.25) is 0 Å². The predicted octanol–water partition coefficient (Wildman–Crippen LogP) is 3.79. The molecule has 1 unspecified atom stereocenters. The van der Waals surface area contributed by atoms with Crippen LogP contribution in [0.15, 0.2) is 29.6 Å². The minimum Gasteiger partial charge on any atom is -0.486 e. The second kappa shape index (κ2) is 5.80. The Bertz CT molecular complexity index is 581. The summed E-state index contributed by atoms with van der Waals surface area (Å²) in [7, 11) is 0. The third-order valence-corrected chi connectivity index (χ3v) is 3.37. The molecule has 0 aliphatic rings. The lowest BCUT2D eigenvalue weighted by atomic mass is 10.1. The molecule has 3 nitrogen and oxygen atoms in total. The van der Waals surface area contributed by atoms with Gasteiger partial charge in [-0.05, 0) is 24.6 Å². The fourth-order valence-electron chi connectivity index (χ4n) is 1.52. The molecule has 2 aromatic rings. The molecule has 7 heteroatoms. The van der Waals surface area contributed by atoms with Crippen LogP contribution >= 0.6 is 11.3 Å². The Balaban J connectivity index is 2.02. The Morgan fingerprint density at radius 3 is 2.75 bits per heavy atom. The zero-order valence-electron chi connectivity index (χ0n) is 10.5. The molecule has 0 bridgehead atoms. The Hall–Kier alpha value is -1.60. The molecule has 1 aromatic heterocycles. The number of thiazole rings is 1. The summed E-state index contributed by atoms with van der Waals surface area (Å²) in [4.78, 5) is 3.47. The third-order valence-electron chi connectivity index (χ3n) is 2.54. The van der Waals surface area contributed by atoms with Crippen molar-refractivity contribution in [1.82, 2.24) is 4.98 Å². The van der Waals surface area contributed by atoms with Crippen molar-refractivity contribution < 1.29 is 23.0 Å². The summed E-state index contributed by atoms with van der Waals surface area (Å²) in [5, 5.41) is 10.6. The summed E-state index contributed by atoms with van der Waals surface area (Å²) in [5.74, 6) is 0.479. The van der Waals surface area contributed by atoms with Crippen LogP contribution in [0.25, 0.3) is 0 Å². The van der Waals surface area contributed by atoms with Crippen molar-refractivity contribution in [2.24, 2.45) is 0 Å². The van der Waals surface area contributed by atoms with E-state index in [1.165, 1.54) is 0 Å². The second-order valence-electron chi connectivity index (χ2n) is 4.16. The quantitative estimate of drug-likeness (QED) is 0.934. The maximum atomic E-state index is 12.4. The van der Waals surface area contributed by atoms with Crippen LogP contribution in [-0.4, -0.2) is 10.1 Å².